The van der Waals surface area contributed by atoms with E-state index >= 15 is 0 Å². The van der Waals surface area contributed by atoms with Crippen LogP contribution in [0.25, 0.3) is 21.9 Å². The van der Waals surface area contributed by atoms with Gasteiger partial charge in [-0.1, -0.05) is 37.5 Å². The topological polar surface area (TPSA) is 60.3 Å². The molecule has 1 aliphatic rings. The van der Waals surface area contributed by atoms with Crippen molar-refractivity contribution >= 4 is 27.8 Å². The summed E-state index contributed by atoms with van der Waals surface area (Å²) in [4.78, 5) is 23.8. The summed E-state index contributed by atoms with van der Waals surface area (Å²) in [6.07, 6.45) is 10.8. The highest BCUT2D eigenvalue weighted by atomic mass is 16.5. The van der Waals surface area contributed by atoms with Crippen LogP contribution in [-0.4, -0.2) is 51.6 Å². The number of aromatic nitrogens is 3. The molecule has 1 aliphatic carbocycles. The lowest BCUT2D eigenvalue weighted by Gasteiger charge is -2.33. The highest BCUT2D eigenvalue weighted by Crippen LogP contribution is 2.26. The molecule has 0 radical (unpaired) electrons. The number of carbonyl (C=O) groups excluding carboxylic acids is 1. The number of benzene rings is 1. The lowest BCUT2D eigenvalue weighted by atomic mass is 9.94. The van der Waals surface area contributed by atoms with Crippen LogP contribution < -0.4 is 0 Å². The van der Waals surface area contributed by atoms with E-state index in [2.05, 4.69) is 32.7 Å². The molecule has 1 aromatic carbocycles. The predicted octanol–water partition coefficient (Wildman–Crippen LogP) is 4.73. The summed E-state index contributed by atoms with van der Waals surface area (Å²) >= 11 is 0. The van der Waals surface area contributed by atoms with Crippen molar-refractivity contribution in [3.63, 3.8) is 0 Å². The Hall–Kier alpha value is -2.47. The smallest absolute Gasteiger partial charge is 0.219 e. The maximum atomic E-state index is 12.2. The Kier molecular flexibility index (Phi) is 7.17. The van der Waals surface area contributed by atoms with Gasteiger partial charge in [0.05, 0.1) is 23.8 Å². The van der Waals surface area contributed by atoms with E-state index in [0.717, 1.165) is 73.0 Å². The number of imidazole rings is 1. The fourth-order valence-corrected chi connectivity index (χ4v) is 4.98. The molecule has 6 heteroatoms. The number of amides is 1. The summed E-state index contributed by atoms with van der Waals surface area (Å²) in [5.74, 6) is 1.27. The van der Waals surface area contributed by atoms with E-state index in [9.17, 15) is 4.79 Å². The summed E-state index contributed by atoms with van der Waals surface area (Å²) in [6, 6.07) is 8.70. The molecule has 6 nitrogen and oxygen atoms in total. The van der Waals surface area contributed by atoms with E-state index in [1.54, 1.807) is 14.0 Å². The first kappa shape index (κ1) is 21.8. The van der Waals surface area contributed by atoms with Crippen molar-refractivity contribution < 1.29 is 9.53 Å². The number of unbranched alkanes of at least 4 members (excludes halogenated alkanes) is 1. The van der Waals surface area contributed by atoms with Gasteiger partial charge >= 0.3 is 0 Å². The minimum Gasteiger partial charge on any atom is -0.384 e. The van der Waals surface area contributed by atoms with E-state index < -0.39 is 0 Å². The third-order valence-electron chi connectivity index (χ3n) is 6.54. The van der Waals surface area contributed by atoms with Gasteiger partial charge in [-0.25, -0.2) is 4.98 Å². The number of pyridine rings is 1. The summed E-state index contributed by atoms with van der Waals surface area (Å²) in [5, 5.41) is 1.14. The Labute approximate surface area is 184 Å². The van der Waals surface area contributed by atoms with Crippen LogP contribution in [0.1, 0.15) is 57.7 Å². The SMILES string of the molecule is COCCc1nc2cnc3ccccc3c2n1CCCCN(C(C)=O)C1CCCCC1. The molecule has 0 N–H and O–H groups in total. The fourth-order valence-electron chi connectivity index (χ4n) is 4.98. The quantitative estimate of drug-likeness (QED) is 0.468. The molecule has 2 heterocycles. The standard InChI is InChI=1S/C25H34N4O2/c1-19(30)28(20-10-4-3-5-11-20)15-8-9-16-29-24(14-17-31-2)27-23-18-26-22-13-7-6-12-21(22)25(23)29/h6-7,12-13,18,20H,3-5,8-11,14-17H2,1-2H3. The van der Waals surface area contributed by atoms with Crippen LogP contribution in [0, 0.1) is 0 Å². The number of nitrogens with zero attached hydrogens (tertiary/aromatic N) is 4. The van der Waals surface area contributed by atoms with E-state index in [-0.39, 0.29) is 5.91 Å². The maximum Gasteiger partial charge on any atom is 0.219 e. The van der Waals surface area contributed by atoms with Crippen molar-refractivity contribution in [1.29, 1.82) is 0 Å². The van der Waals surface area contributed by atoms with Crippen molar-refractivity contribution in [2.24, 2.45) is 0 Å². The monoisotopic (exact) mass is 422 g/mol. The highest BCUT2D eigenvalue weighted by Gasteiger charge is 2.22. The molecule has 0 unspecified atom stereocenters. The number of para-hydroxylation sites is 1. The Balaban J connectivity index is 1.51. The Morgan fingerprint density at radius 3 is 2.74 bits per heavy atom. The molecule has 1 fully saturated rings. The first-order valence-electron chi connectivity index (χ1n) is 11.7. The minimum absolute atomic E-state index is 0.220. The van der Waals surface area contributed by atoms with Crippen LogP contribution in [0.15, 0.2) is 30.5 Å². The van der Waals surface area contributed by atoms with Crippen molar-refractivity contribution in [1.82, 2.24) is 19.4 Å². The summed E-state index contributed by atoms with van der Waals surface area (Å²) in [7, 11) is 1.73. The van der Waals surface area contributed by atoms with Crippen LogP contribution in [0.4, 0.5) is 0 Å². The van der Waals surface area contributed by atoms with Gasteiger partial charge in [0.25, 0.3) is 0 Å². The number of hydrogen-bond donors (Lipinski definition) is 0. The number of rotatable bonds is 9. The number of carbonyl (C=O) groups is 1. The largest absolute Gasteiger partial charge is 0.384 e. The van der Waals surface area contributed by atoms with Gasteiger partial charge in [-0.3, -0.25) is 9.78 Å². The lowest BCUT2D eigenvalue weighted by molar-refractivity contribution is -0.131. The van der Waals surface area contributed by atoms with Crippen LogP contribution in [0.2, 0.25) is 0 Å². The second kappa shape index (κ2) is 10.2. The van der Waals surface area contributed by atoms with Crippen LogP contribution in [0.5, 0.6) is 0 Å². The Morgan fingerprint density at radius 1 is 1.16 bits per heavy atom. The summed E-state index contributed by atoms with van der Waals surface area (Å²) in [5.41, 5.74) is 3.10. The molecule has 31 heavy (non-hydrogen) atoms. The number of methoxy groups -OCH3 is 1. The van der Waals surface area contributed by atoms with Gasteiger partial charge in [0.2, 0.25) is 5.91 Å². The molecule has 1 amide bonds. The van der Waals surface area contributed by atoms with Gasteiger partial charge in [0.1, 0.15) is 11.3 Å². The second-order valence-corrected chi connectivity index (χ2v) is 8.64. The fraction of sp³-hybridized carbons (Fsp3) is 0.560. The zero-order valence-corrected chi connectivity index (χ0v) is 18.8. The molecule has 0 saturated heterocycles. The van der Waals surface area contributed by atoms with Crippen LogP contribution in [-0.2, 0) is 22.5 Å². The van der Waals surface area contributed by atoms with Crippen molar-refractivity contribution in [3.8, 4) is 0 Å². The summed E-state index contributed by atoms with van der Waals surface area (Å²) in [6.45, 7) is 4.11. The van der Waals surface area contributed by atoms with Crippen molar-refractivity contribution in [3.05, 3.63) is 36.3 Å². The van der Waals surface area contributed by atoms with Gasteiger partial charge in [-0.2, -0.15) is 0 Å². The minimum atomic E-state index is 0.220. The van der Waals surface area contributed by atoms with E-state index in [4.69, 9.17) is 9.72 Å². The first-order chi connectivity index (χ1) is 15.2. The maximum absolute atomic E-state index is 12.2. The molecule has 0 aliphatic heterocycles. The molecular formula is C25H34N4O2. The van der Waals surface area contributed by atoms with E-state index in [0.29, 0.717) is 12.6 Å². The van der Waals surface area contributed by atoms with E-state index in [1.165, 1.54) is 19.3 Å². The highest BCUT2D eigenvalue weighted by molar-refractivity contribution is 6.02. The number of ether oxygens (including phenoxy) is 1. The molecular weight excluding hydrogens is 388 g/mol. The average molecular weight is 423 g/mol. The van der Waals surface area contributed by atoms with Crippen molar-refractivity contribution in [2.75, 3.05) is 20.3 Å². The van der Waals surface area contributed by atoms with Gasteiger partial charge in [-0.05, 0) is 31.7 Å². The molecule has 4 rings (SSSR count). The third kappa shape index (κ3) is 4.90. The second-order valence-electron chi connectivity index (χ2n) is 8.64. The predicted molar refractivity (Wildman–Crippen MR) is 124 cm³/mol. The van der Waals surface area contributed by atoms with Gasteiger partial charge in [0.15, 0.2) is 0 Å². The third-order valence-corrected chi connectivity index (χ3v) is 6.54. The molecule has 166 valence electrons. The number of hydrogen-bond acceptors (Lipinski definition) is 4. The van der Waals surface area contributed by atoms with Gasteiger partial charge in [0, 0.05) is 45.0 Å². The molecule has 1 saturated carbocycles. The number of fused-ring (bicyclic) bond motifs is 3. The zero-order valence-electron chi connectivity index (χ0n) is 18.8. The van der Waals surface area contributed by atoms with Crippen molar-refractivity contribution in [2.45, 2.75) is 70.9 Å². The molecule has 0 atom stereocenters. The molecule has 3 aromatic rings. The molecule has 2 aromatic heterocycles. The van der Waals surface area contributed by atoms with Gasteiger partial charge < -0.3 is 14.2 Å². The first-order valence-corrected chi connectivity index (χ1v) is 11.7. The average Bonchev–Trinajstić information content (AvgIpc) is 3.15. The van der Waals surface area contributed by atoms with Crippen LogP contribution >= 0.6 is 0 Å². The Morgan fingerprint density at radius 2 is 1.97 bits per heavy atom. The summed E-state index contributed by atoms with van der Waals surface area (Å²) < 4.78 is 7.67. The van der Waals surface area contributed by atoms with Crippen LogP contribution in [0.3, 0.4) is 0 Å². The normalized spacial score (nSPS) is 15.0. The molecule has 0 bridgehead atoms. The lowest BCUT2D eigenvalue weighted by Crippen LogP contribution is -2.40. The van der Waals surface area contributed by atoms with Gasteiger partial charge in [-0.15, -0.1) is 0 Å². The molecule has 0 spiro atoms. The zero-order chi connectivity index (χ0) is 21.6. The Bertz CT molecular complexity index is 1020. The number of aryl methyl sites for hydroxylation is 1. The van der Waals surface area contributed by atoms with E-state index in [1.807, 2.05) is 12.3 Å².